The van der Waals surface area contributed by atoms with Gasteiger partial charge in [0.1, 0.15) is 18.1 Å². The molecule has 0 saturated carbocycles. The molecule has 10 N–H and O–H groups in total. The van der Waals surface area contributed by atoms with Crippen LogP contribution in [0.1, 0.15) is 31.2 Å². The van der Waals surface area contributed by atoms with E-state index >= 15 is 0 Å². The van der Waals surface area contributed by atoms with Crippen LogP contribution in [0.2, 0.25) is 0 Å². The van der Waals surface area contributed by atoms with Gasteiger partial charge in [0.25, 0.3) is 0 Å². The van der Waals surface area contributed by atoms with Gasteiger partial charge in [0.2, 0.25) is 29.5 Å². The predicted octanol–water partition coefficient (Wildman–Crippen LogP) is -2.01. The van der Waals surface area contributed by atoms with Gasteiger partial charge < -0.3 is 38.3 Å². The van der Waals surface area contributed by atoms with E-state index in [-0.39, 0.29) is 25.7 Å². The summed E-state index contributed by atoms with van der Waals surface area (Å²) in [6, 6.07) is 3.66. The quantitative estimate of drug-likeness (QED) is 0.116. The summed E-state index contributed by atoms with van der Waals surface area (Å²) in [7, 11) is 0. The second-order valence-electron chi connectivity index (χ2n) is 8.27. The Bertz CT molecular complexity index is 962. The lowest BCUT2D eigenvalue weighted by atomic mass is 10.0. The van der Waals surface area contributed by atoms with Crippen LogP contribution in [0.4, 0.5) is 0 Å². The van der Waals surface area contributed by atoms with E-state index in [1.165, 1.54) is 11.8 Å². The SMILES string of the molecule is CSCCC(NC(=O)C(CC(N)=O)NC(=O)C(N)CCC(N)=O)C(=O)NC(Cc1ccccc1)C(=O)O. The number of hydrogen-bond acceptors (Lipinski definition) is 8. The third kappa shape index (κ3) is 12.2. The summed E-state index contributed by atoms with van der Waals surface area (Å²) < 4.78 is 0. The summed E-state index contributed by atoms with van der Waals surface area (Å²) in [6.07, 6.45) is 1.13. The highest BCUT2D eigenvalue weighted by atomic mass is 32.2. The Hall–Kier alpha value is -3.65. The van der Waals surface area contributed by atoms with Crippen LogP contribution in [0.25, 0.3) is 0 Å². The summed E-state index contributed by atoms with van der Waals surface area (Å²) >= 11 is 1.40. The molecule has 4 unspecified atom stereocenters. The fourth-order valence-corrected chi connectivity index (χ4v) is 3.69. The Balaban J connectivity index is 2.97. The van der Waals surface area contributed by atoms with Gasteiger partial charge in [-0.05, 0) is 30.4 Å². The van der Waals surface area contributed by atoms with Gasteiger partial charge in [-0.3, -0.25) is 24.0 Å². The number of benzene rings is 1. The van der Waals surface area contributed by atoms with Crippen molar-refractivity contribution in [2.45, 2.75) is 56.3 Å². The number of amides is 5. The van der Waals surface area contributed by atoms with Crippen LogP contribution in [0.5, 0.6) is 0 Å². The van der Waals surface area contributed by atoms with Gasteiger partial charge in [-0.15, -0.1) is 0 Å². The van der Waals surface area contributed by atoms with Gasteiger partial charge in [0.05, 0.1) is 12.5 Å². The summed E-state index contributed by atoms with van der Waals surface area (Å²) in [4.78, 5) is 72.5. The molecule has 0 spiro atoms. The lowest BCUT2D eigenvalue weighted by molar-refractivity contribution is -0.142. The van der Waals surface area contributed by atoms with Crippen molar-refractivity contribution in [1.29, 1.82) is 0 Å². The van der Waals surface area contributed by atoms with E-state index in [4.69, 9.17) is 17.2 Å². The first-order chi connectivity index (χ1) is 17.4. The van der Waals surface area contributed by atoms with E-state index in [9.17, 15) is 33.9 Å². The molecule has 0 aliphatic carbocycles. The third-order valence-electron chi connectivity index (χ3n) is 5.22. The predicted molar refractivity (Wildman–Crippen MR) is 137 cm³/mol. The summed E-state index contributed by atoms with van der Waals surface area (Å²) in [6.45, 7) is 0. The number of carboxylic acid groups (broad SMARTS) is 1. The van der Waals surface area contributed by atoms with Crippen LogP contribution in [-0.2, 0) is 35.2 Å². The Kier molecular flexibility index (Phi) is 13.7. The number of nitrogens with two attached hydrogens (primary N) is 3. The maximum absolute atomic E-state index is 13.0. The minimum atomic E-state index is -1.45. The lowest BCUT2D eigenvalue weighted by Crippen LogP contribution is -2.58. The average molecular weight is 539 g/mol. The summed E-state index contributed by atoms with van der Waals surface area (Å²) in [5.74, 6) is -4.81. The molecule has 1 rings (SSSR count). The standard InChI is InChI=1S/C23H34N6O7S/c1-37-10-9-15(21(33)29-17(23(35)36)11-13-5-3-2-4-6-13)27-22(34)16(12-19(26)31)28-20(32)14(24)7-8-18(25)30/h2-6,14-17H,7-12,24H2,1H3,(H2,25,30)(H2,26,31)(H,27,34)(H,28,32)(H,29,33)(H,35,36). The lowest BCUT2D eigenvalue weighted by Gasteiger charge is -2.24. The largest absolute Gasteiger partial charge is 0.480 e. The summed E-state index contributed by atoms with van der Waals surface area (Å²) in [5, 5.41) is 16.8. The molecule has 1 aromatic rings. The minimum absolute atomic E-state index is 0.0225. The fraction of sp³-hybridized carbons (Fsp3) is 0.478. The van der Waals surface area contributed by atoms with Crippen LogP contribution < -0.4 is 33.2 Å². The van der Waals surface area contributed by atoms with E-state index in [1.807, 2.05) is 0 Å². The van der Waals surface area contributed by atoms with Crippen molar-refractivity contribution < 1.29 is 33.9 Å². The van der Waals surface area contributed by atoms with Gasteiger partial charge in [-0.25, -0.2) is 4.79 Å². The number of primary amides is 2. The van der Waals surface area contributed by atoms with Crippen molar-refractivity contribution in [3.8, 4) is 0 Å². The zero-order valence-electron chi connectivity index (χ0n) is 20.5. The number of aliphatic carboxylic acids is 1. The normalized spacial score (nSPS) is 13.9. The van der Waals surface area contributed by atoms with Crippen LogP contribution in [0.15, 0.2) is 30.3 Å². The first kappa shape index (κ1) is 31.4. The number of carbonyl (C=O) groups excluding carboxylic acids is 5. The van der Waals surface area contributed by atoms with Crippen molar-refractivity contribution in [2.24, 2.45) is 17.2 Å². The van der Waals surface area contributed by atoms with Crippen LogP contribution in [0, 0.1) is 0 Å². The second-order valence-corrected chi connectivity index (χ2v) is 9.26. The molecule has 1 aromatic carbocycles. The summed E-state index contributed by atoms with van der Waals surface area (Å²) in [5.41, 5.74) is 16.7. The Morgan fingerprint density at radius 1 is 0.838 bits per heavy atom. The number of carboxylic acids is 1. The average Bonchev–Trinajstić information content (AvgIpc) is 2.84. The molecule has 0 fully saturated rings. The van der Waals surface area contributed by atoms with E-state index < -0.39 is 66.1 Å². The molecule has 4 atom stereocenters. The number of carbonyl (C=O) groups is 6. The van der Waals surface area contributed by atoms with E-state index in [0.29, 0.717) is 11.3 Å². The molecular formula is C23H34N6O7S. The molecular weight excluding hydrogens is 504 g/mol. The zero-order chi connectivity index (χ0) is 28.0. The first-order valence-electron chi connectivity index (χ1n) is 11.4. The van der Waals surface area contributed by atoms with Crippen molar-refractivity contribution in [2.75, 3.05) is 12.0 Å². The number of thioether (sulfide) groups is 1. The van der Waals surface area contributed by atoms with Crippen LogP contribution >= 0.6 is 11.8 Å². The molecule has 0 heterocycles. The highest BCUT2D eigenvalue weighted by Crippen LogP contribution is 2.07. The minimum Gasteiger partial charge on any atom is -0.480 e. The molecule has 5 amide bonds. The van der Waals surface area contributed by atoms with Crippen molar-refractivity contribution >= 4 is 47.3 Å². The number of nitrogens with one attached hydrogen (secondary N) is 3. The van der Waals surface area contributed by atoms with E-state index in [2.05, 4.69) is 16.0 Å². The smallest absolute Gasteiger partial charge is 0.326 e. The first-order valence-corrected chi connectivity index (χ1v) is 12.8. The van der Waals surface area contributed by atoms with Gasteiger partial charge >= 0.3 is 5.97 Å². The fourth-order valence-electron chi connectivity index (χ4n) is 3.22. The van der Waals surface area contributed by atoms with Crippen molar-refractivity contribution in [3.63, 3.8) is 0 Å². The Morgan fingerprint density at radius 3 is 1.95 bits per heavy atom. The molecule has 0 radical (unpaired) electrons. The van der Waals surface area contributed by atoms with Crippen molar-refractivity contribution in [1.82, 2.24) is 16.0 Å². The maximum Gasteiger partial charge on any atom is 0.326 e. The topological polar surface area (TPSA) is 237 Å². The Labute approximate surface area is 218 Å². The van der Waals surface area contributed by atoms with E-state index in [1.54, 1.807) is 36.6 Å². The van der Waals surface area contributed by atoms with Gasteiger partial charge in [-0.2, -0.15) is 11.8 Å². The van der Waals surface area contributed by atoms with Crippen LogP contribution in [0.3, 0.4) is 0 Å². The molecule has 0 bridgehead atoms. The van der Waals surface area contributed by atoms with Gasteiger partial charge in [0, 0.05) is 12.8 Å². The molecule has 13 nitrogen and oxygen atoms in total. The zero-order valence-corrected chi connectivity index (χ0v) is 21.3. The van der Waals surface area contributed by atoms with Crippen molar-refractivity contribution in [3.05, 3.63) is 35.9 Å². The highest BCUT2D eigenvalue weighted by molar-refractivity contribution is 7.98. The molecule has 0 aliphatic heterocycles. The van der Waals surface area contributed by atoms with Crippen LogP contribution in [-0.4, -0.2) is 76.8 Å². The molecule has 37 heavy (non-hydrogen) atoms. The molecule has 0 aromatic heterocycles. The second kappa shape index (κ2) is 16.2. The number of rotatable bonds is 17. The Morgan fingerprint density at radius 2 is 1.41 bits per heavy atom. The third-order valence-corrected chi connectivity index (χ3v) is 5.86. The van der Waals surface area contributed by atoms with Gasteiger partial charge in [0.15, 0.2) is 0 Å². The number of hydrogen-bond donors (Lipinski definition) is 7. The highest BCUT2D eigenvalue weighted by Gasteiger charge is 2.31. The van der Waals surface area contributed by atoms with Gasteiger partial charge in [-0.1, -0.05) is 30.3 Å². The van der Waals surface area contributed by atoms with E-state index in [0.717, 1.165) is 0 Å². The molecule has 0 saturated heterocycles. The maximum atomic E-state index is 13.0. The molecule has 14 heteroatoms. The monoisotopic (exact) mass is 538 g/mol. The molecule has 204 valence electrons. The molecule has 0 aliphatic rings.